The molecule has 2 aromatic rings. The van der Waals surface area contributed by atoms with Gasteiger partial charge >= 0.3 is 0 Å². The molecule has 0 amide bonds. The van der Waals surface area contributed by atoms with Gasteiger partial charge in [-0.15, -0.1) is 0 Å². The molecular formula is C12H14N2O. The molecule has 0 atom stereocenters. The maximum absolute atomic E-state index is 9.17. The second-order valence-corrected chi connectivity index (χ2v) is 3.56. The van der Waals surface area contributed by atoms with E-state index in [1.807, 2.05) is 12.1 Å². The monoisotopic (exact) mass is 202 g/mol. The highest BCUT2D eigenvalue weighted by atomic mass is 16.3. The molecule has 0 aliphatic rings. The van der Waals surface area contributed by atoms with Gasteiger partial charge in [0.15, 0.2) is 5.75 Å². The van der Waals surface area contributed by atoms with E-state index in [4.69, 9.17) is 5.11 Å². The standard InChI is InChI=1S/C12H14N2O/c1-2-3-10-4-6-11(7-5-10)14-9-12(15)8-13-14/h4-9,15H,2-3H2,1H3. The summed E-state index contributed by atoms with van der Waals surface area (Å²) in [5, 5.41) is 13.2. The summed E-state index contributed by atoms with van der Waals surface area (Å²) >= 11 is 0. The van der Waals surface area contributed by atoms with Gasteiger partial charge in [0.1, 0.15) is 0 Å². The molecule has 0 bridgehead atoms. The molecule has 3 nitrogen and oxygen atoms in total. The van der Waals surface area contributed by atoms with Crippen LogP contribution in [0.25, 0.3) is 5.69 Å². The van der Waals surface area contributed by atoms with Gasteiger partial charge in [0, 0.05) is 0 Å². The SMILES string of the molecule is CCCc1ccc(-n2cc(O)cn2)cc1. The third kappa shape index (κ3) is 2.18. The molecule has 0 spiro atoms. The summed E-state index contributed by atoms with van der Waals surface area (Å²) in [5.74, 6) is 0.188. The highest BCUT2D eigenvalue weighted by Crippen LogP contribution is 2.13. The third-order valence-corrected chi connectivity index (χ3v) is 2.31. The van der Waals surface area contributed by atoms with Crippen molar-refractivity contribution in [2.24, 2.45) is 0 Å². The highest BCUT2D eigenvalue weighted by Gasteiger charge is 1.99. The number of benzene rings is 1. The van der Waals surface area contributed by atoms with Gasteiger partial charge in [0.05, 0.1) is 18.1 Å². The normalized spacial score (nSPS) is 10.5. The van der Waals surface area contributed by atoms with Crippen molar-refractivity contribution >= 4 is 0 Å². The van der Waals surface area contributed by atoms with Crippen LogP contribution in [-0.2, 0) is 6.42 Å². The Bertz CT molecular complexity index is 431. The van der Waals surface area contributed by atoms with Crippen LogP contribution in [0, 0.1) is 0 Å². The molecular weight excluding hydrogens is 188 g/mol. The number of aromatic hydroxyl groups is 1. The lowest BCUT2D eigenvalue weighted by atomic mass is 10.1. The van der Waals surface area contributed by atoms with E-state index < -0.39 is 0 Å². The van der Waals surface area contributed by atoms with E-state index in [0.717, 1.165) is 18.5 Å². The molecule has 3 heteroatoms. The van der Waals surface area contributed by atoms with E-state index in [2.05, 4.69) is 24.2 Å². The predicted molar refractivity (Wildman–Crippen MR) is 59.2 cm³/mol. The maximum atomic E-state index is 9.17. The molecule has 78 valence electrons. The molecule has 1 N–H and O–H groups in total. The molecule has 0 saturated carbocycles. The second-order valence-electron chi connectivity index (χ2n) is 3.56. The lowest BCUT2D eigenvalue weighted by molar-refractivity contribution is 0.475. The van der Waals surface area contributed by atoms with Crippen LogP contribution in [0.4, 0.5) is 0 Å². The summed E-state index contributed by atoms with van der Waals surface area (Å²) in [6.45, 7) is 2.17. The first kappa shape index (κ1) is 9.77. The Kier molecular flexibility index (Phi) is 2.72. The summed E-state index contributed by atoms with van der Waals surface area (Å²) in [6.07, 6.45) is 5.28. The first-order chi connectivity index (χ1) is 7.29. The number of hydrogen-bond acceptors (Lipinski definition) is 2. The van der Waals surface area contributed by atoms with E-state index in [1.165, 1.54) is 11.8 Å². The van der Waals surface area contributed by atoms with Crippen LogP contribution in [0.3, 0.4) is 0 Å². The minimum atomic E-state index is 0.188. The van der Waals surface area contributed by atoms with Gasteiger partial charge in [-0.2, -0.15) is 5.10 Å². The largest absolute Gasteiger partial charge is 0.505 e. The van der Waals surface area contributed by atoms with E-state index in [-0.39, 0.29) is 5.75 Å². The molecule has 1 aromatic carbocycles. The molecule has 0 aliphatic carbocycles. The van der Waals surface area contributed by atoms with Gasteiger partial charge in [-0.05, 0) is 24.1 Å². The molecule has 0 radical (unpaired) electrons. The van der Waals surface area contributed by atoms with Gasteiger partial charge in [0.25, 0.3) is 0 Å². The summed E-state index contributed by atoms with van der Waals surface area (Å²) < 4.78 is 1.66. The van der Waals surface area contributed by atoms with Gasteiger partial charge in [-0.3, -0.25) is 0 Å². The Labute approximate surface area is 89.0 Å². The number of hydrogen-bond donors (Lipinski definition) is 1. The fourth-order valence-corrected chi connectivity index (χ4v) is 1.56. The number of aromatic nitrogens is 2. The lowest BCUT2D eigenvalue weighted by Crippen LogP contribution is -1.94. The molecule has 15 heavy (non-hydrogen) atoms. The van der Waals surface area contributed by atoms with Crippen LogP contribution in [0.1, 0.15) is 18.9 Å². The molecule has 0 saturated heterocycles. The Morgan fingerprint density at radius 1 is 1.27 bits per heavy atom. The molecule has 1 heterocycles. The molecule has 0 fully saturated rings. The number of nitrogens with zero attached hydrogens (tertiary/aromatic N) is 2. The van der Waals surface area contributed by atoms with Crippen LogP contribution in [0.2, 0.25) is 0 Å². The van der Waals surface area contributed by atoms with E-state index in [9.17, 15) is 0 Å². The van der Waals surface area contributed by atoms with Crippen molar-refractivity contribution in [3.63, 3.8) is 0 Å². The second kappa shape index (κ2) is 4.17. The molecule has 2 rings (SSSR count). The van der Waals surface area contributed by atoms with Crippen molar-refractivity contribution < 1.29 is 5.11 Å². The Balaban J connectivity index is 2.23. The Morgan fingerprint density at radius 2 is 2.00 bits per heavy atom. The first-order valence-corrected chi connectivity index (χ1v) is 5.12. The smallest absolute Gasteiger partial charge is 0.153 e. The van der Waals surface area contributed by atoms with Crippen molar-refractivity contribution in [3.05, 3.63) is 42.2 Å². The topological polar surface area (TPSA) is 38.0 Å². The Hall–Kier alpha value is -1.77. The van der Waals surface area contributed by atoms with E-state index in [0.29, 0.717) is 0 Å². The fraction of sp³-hybridized carbons (Fsp3) is 0.250. The first-order valence-electron chi connectivity index (χ1n) is 5.12. The van der Waals surface area contributed by atoms with Crippen molar-refractivity contribution in [3.8, 4) is 11.4 Å². The highest BCUT2D eigenvalue weighted by molar-refractivity contribution is 5.35. The van der Waals surface area contributed by atoms with E-state index in [1.54, 1.807) is 10.9 Å². The van der Waals surface area contributed by atoms with Crippen molar-refractivity contribution in [2.75, 3.05) is 0 Å². The van der Waals surface area contributed by atoms with Crippen LogP contribution in [0.15, 0.2) is 36.7 Å². The van der Waals surface area contributed by atoms with Crippen LogP contribution < -0.4 is 0 Å². The molecule has 1 aromatic heterocycles. The average Bonchev–Trinajstić information content (AvgIpc) is 2.67. The quantitative estimate of drug-likeness (QED) is 0.830. The lowest BCUT2D eigenvalue weighted by Gasteiger charge is -2.02. The zero-order valence-corrected chi connectivity index (χ0v) is 8.72. The predicted octanol–water partition coefficient (Wildman–Crippen LogP) is 2.53. The van der Waals surface area contributed by atoms with Gasteiger partial charge in [0.2, 0.25) is 0 Å². The third-order valence-electron chi connectivity index (χ3n) is 2.31. The van der Waals surface area contributed by atoms with E-state index >= 15 is 0 Å². The summed E-state index contributed by atoms with van der Waals surface area (Å²) in [7, 11) is 0. The fourth-order valence-electron chi connectivity index (χ4n) is 1.56. The van der Waals surface area contributed by atoms with Crippen LogP contribution in [-0.4, -0.2) is 14.9 Å². The Morgan fingerprint density at radius 3 is 2.53 bits per heavy atom. The summed E-state index contributed by atoms with van der Waals surface area (Å²) in [6, 6.07) is 8.21. The minimum absolute atomic E-state index is 0.188. The van der Waals surface area contributed by atoms with Crippen LogP contribution in [0.5, 0.6) is 5.75 Å². The van der Waals surface area contributed by atoms with Crippen molar-refractivity contribution in [2.45, 2.75) is 19.8 Å². The van der Waals surface area contributed by atoms with Gasteiger partial charge in [-0.25, -0.2) is 4.68 Å². The van der Waals surface area contributed by atoms with Crippen LogP contribution >= 0.6 is 0 Å². The summed E-state index contributed by atoms with van der Waals surface area (Å²) in [5.41, 5.74) is 2.30. The summed E-state index contributed by atoms with van der Waals surface area (Å²) in [4.78, 5) is 0. The number of rotatable bonds is 3. The average molecular weight is 202 g/mol. The maximum Gasteiger partial charge on any atom is 0.153 e. The number of aryl methyl sites for hydroxylation is 1. The minimum Gasteiger partial charge on any atom is -0.505 e. The van der Waals surface area contributed by atoms with Crippen molar-refractivity contribution in [1.29, 1.82) is 0 Å². The van der Waals surface area contributed by atoms with Gasteiger partial charge in [-0.1, -0.05) is 25.5 Å². The van der Waals surface area contributed by atoms with Gasteiger partial charge < -0.3 is 5.11 Å². The molecule has 0 unspecified atom stereocenters. The molecule has 0 aliphatic heterocycles. The zero-order valence-electron chi connectivity index (χ0n) is 8.72. The zero-order chi connectivity index (χ0) is 10.7. The van der Waals surface area contributed by atoms with Crippen molar-refractivity contribution in [1.82, 2.24) is 9.78 Å².